The van der Waals surface area contributed by atoms with Crippen LogP contribution < -0.4 is 14.2 Å². The number of aromatic nitrogens is 3. The number of halogens is 1. The van der Waals surface area contributed by atoms with E-state index in [-0.39, 0.29) is 5.82 Å². The van der Waals surface area contributed by atoms with Gasteiger partial charge in [0.05, 0.1) is 30.5 Å². The Hall–Kier alpha value is -3.72. The van der Waals surface area contributed by atoms with Crippen LogP contribution in [0.2, 0.25) is 0 Å². The topological polar surface area (TPSA) is 82.7 Å². The molecule has 1 saturated heterocycles. The minimum Gasteiger partial charge on any atom is -0.486 e. The molecule has 0 saturated carbocycles. The van der Waals surface area contributed by atoms with Gasteiger partial charge in [0.2, 0.25) is 11.8 Å². The molecule has 0 aliphatic carbocycles. The SMILES string of the molecule is COc1ccc2ncc(F)c(CCN3CCC(c4cnc(-c5ccc6c(c5)OCCO6)o4)CC3)c2n1. The summed E-state index contributed by atoms with van der Waals surface area (Å²) in [7, 11) is 1.55. The molecule has 36 heavy (non-hydrogen) atoms. The van der Waals surface area contributed by atoms with Crippen molar-refractivity contribution in [3.05, 3.63) is 59.9 Å². The minimum absolute atomic E-state index is 0.309. The van der Waals surface area contributed by atoms with Crippen LogP contribution in [0.15, 0.2) is 47.1 Å². The number of ether oxygens (including phenoxy) is 3. The quantitative estimate of drug-likeness (QED) is 0.387. The lowest BCUT2D eigenvalue weighted by Crippen LogP contribution is -2.34. The predicted octanol–water partition coefficient (Wildman–Crippen LogP) is 4.63. The Labute approximate surface area is 208 Å². The van der Waals surface area contributed by atoms with E-state index in [9.17, 15) is 4.39 Å². The maximum absolute atomic E-state index is 14.6. The van der Waals surface area contributed by atoms with Crippen LogP contribution in [0.5, 0.6) is 17.4 Å². The summed E-state index contributed by atoms with van der Waals surface area (Å²) in [5.74, 6) is 3.40. The van der Waals surface area contributed by atoms with Gasteiger partial charge in [0.15, 0.2) is 11.5 Å². The largest absolute Gasteiger partial charge is 0.486 e. The maximum Gasteiger partial charge on any atom is 0.226 e. The zero-order valence-electron chi connectivity index (χ0n) is 20.1. The lowest BCUT2D eigenvalue weighted by molar-refractivity contribution is 0.171. The summed E-state index contributed by atoms with van der Waals surface area (Å²) >= 11 is 0. The first-order valence-electron chi connectivity index (χ1n) is 12.2. The molecule has 9 heteroatoms. The number of hydrogen-bond donors (Lipinski definition) is 0. The number of benzene rings is 1. The van der Waals surface area contributed by atoms with Gasteiger partial charge in [-0.2, -0.15) is 0 Å². The van der Waals surface area contributed by atoms with Crippen molar-refractivity contribution in [2.45, 2.75) is 25.2 Å². The van der Waals surface area contributed by atoms with Crippen molar-refractivity contribution in [3.8, 4) is 28.8 Å². The molecule has 3 aromatic heterocycles. The number of rotatable bonds is 6. The minimum atomic E-state index is -0.327. The van der Waals surface area contributed by atoms with Crippen LogP contribution in [-0.2, 0) is 6.42 Å². The summed E-state index contributed by atoms with van der Waals surface area (Å²) in [5.41, 5.74) is 2.70. The van der Waals surface area contributed by atoms with E-state index in [4.69, 9.17) is 18.6 Å². The molecule has 0 unspecified atom stereocenters. The molecule has 0 bridgehead atoms. The average Bonchev–Trinajstić information content (AvgIpc) is 3.43. The van der Waals surface area contributed by atoms with Crippen molar-refractivity contribution in [2.75, 3.05) is 40.0 Å². The summed E-state index contributed by atoms with van der Waals surface area (Å²) in [5, 5.41) is 0. The zero-order valence-corrected chi connectivity index (χ0v) is 20.1. The van der Waals surface area contributed by atoms with Crippen LogP contribution in [0.4, 0.5) is 4.39 Å². The molecular formula is C27H27FN4O4. The fourth-order valence-electron chi connectivity index (χ4n) is 4.93. The van der Waals surface area contributed by atoms with Gasteiger partial charge in [-0.15, -0.1) is 0 Å². The Morgan fingerprint density at radius 3 is 2.69 bits per heavy atom. The number of piperidine rings is 1. The average molecular weight is 491 g/mol. The number of pyridine rings is 2. The van der Waals surface area contributed by atoms with Crippen LogP contribution >= 0.6 is 0 Å². The standard InChI is InChI=1S/C27H27FN4O4/c1-33-25-5-3-21-26(31-25)19(20(28)15-29-21)8-11-32-9-6-17(7-10-32)24-16-30-27(36-24)18-2-4-22-23(14-18)35-13-12-34-22/h2-5,14-17H,6-13H2,1H3. The molecule has 0 atom stereocenters. The van der Waals surface area contributed by atoms with Crippen LogP contribution in [0, 0.1) is 5.82 Å². The number of fused-ring (bicyclic) bond motifs is 2. The summed E-state index contributed by atoms with van der Waals surface area (Å²) in [6.45, 7) is 3.67. The van der Waals surface area contributed by atoms with Gasteiger partial charge in [-0.05, 0) is 56.6 Å². The van der Waals surface area contributed by atoms with E-state index in [1.54, 1.807) is 13.2 Å². The van der Waals surface area contributed by atoms with E-state index in [1.165, 1.54) is 6.20 Å². The number of nitrogens with zero attached hydrogens (tertiary/aromatic N) is 4. The van der Waals surface area contributed by atoms with Crippen molar-refractivity contribution in [2.24, 2.45) is 0 Å². The Kier molecular flexibility index (Phi) is 6.14. The highest BCUT2D eigenvalue weighted by atomic mass is 19.1. The highest BCUT2D eigenvalue weighted by Crippen LogP contribution is 2.36. The fraction of sp³-hybridized carbons (Fsp3) is 0.370. The van der Waals surface area contributed by atoms with Gasteiger partial charge in [-0.25, -0.2) is 14.4 Å². The molecule has 4 aromatic rings. The summed E-state index contributed by atoms with van der Waals surface area (Å²) in [4.78, 5) is 15.5. The first-order valence-corrected chi connectivity index (χ1v) is 12.2. The third-order valence-electron chi connectivity index (χ3n) is 6.93. The molecule has 5 heterocycles. The molecule has 0 radical (unpaired) electrons. The van der Waals surface area contributed by atoms with Crippen molar-refractivity contribution < 1.29 is 23.0 Å². The molecular weight excluding hydrogens is 463 g/mol. The molecule has 1 aromatic carbocycles. The van der Waals surface area contributed by atoms with Crippen LogP contribution in [0.3, 0.4) is 0 Å². The molecule has 0 spiro atoms. The third kappa shape index (κ3) is 4.46. The first kappa shape index (κ1) is 22.7. The third-order valence-corrected chi connectivity index (χ3v) is 6.93. The molecule has 2 aliphatic rings. The fourth-order valence-corrected chi connectivity index (χ4v) is 4.93. The van der Waals surface area contributed by atoms with E-state index in [1.807, 2.05) is 30.5 Å². The first-order chi connectivity index (χ1) is 17.7. The Morgan fingerprint density at radius 1 is 1.03 bits per heavy atom. The van der Waals surface area contributed by atoms with E-state index in [2.05, 4.69) is 19.9 Å². The van der Waals surface area contributed by atoms with Crippen molar-refractivity contribution >= 4 is 11.0 Å². The number of methoxy groups -OCH3 is 1. The second kappa shape index (κ2) is 9.73. The Balaban J connectivity index is 1.09. The number of likely N-dealkylation sites (tertiary alicyclic amines) is 1. The molecule has 1 fully saturated rings. The predicted molar refractivity (Wildman–Crippen MR) is 131 cm³/mol. The highest BCUT2D eigenvalue weighted by Gasteiger charge is 2.25. The summed E-state index contributed by atoms with van der Waals surface area (Å²) in [6, 6.07) is 9.31. The zero-order chi connectivity index (χ0) is 24.5. The van der Waals surface area contributed by atoms with E-state index < -0.39 is 0 Å². The van der Waals surface area contributed by atoms with Gasteiger partial charge in [0, 0.05) is 29.7 Å². The molecule has 6 rings (SSSR count). The lowest BCUT2D eigenvalue weighted by atomic mass is 9.94. The molecule has 0 N–H and O–H groups in total. The Bertz CT molecular complexity index is 1380. The van der Waals surface area contributed by atoms with Crippen LogP contribution in [0.1, 0.15) is 30.1 Å². The van der Waals surface area contributed by atoms with Gasteiger partial charge in [0.25, 0.3) is 0 Å². The monoisotopic (exact) mass is 490 g/mol. The van der Waals surface area contributed by atoms with Crippen molar-refractivity contribution in [1.82, 2.24) is 19.9 Å². The van der Waals surface area contributed by atoms with Gasteiger partial charge < -0.3 is 23.5 Å². The number of hydrogen-bond acceptors (Lipinski definition) is 8. The maximum atomic E-state index is 14.6. The summed E-state index contributed by atoms with van der Waals surface area (Å²) < 4.78 is 37.3. The van der Waals surface area contributed by atoms with Gasteiger partial charge in [0.1, 0.15) is 24.8 Å². The molecule has 186 valence electrons. The molecule has 8 nitrogen and oxygen atoms in total. The van der Waals surface area contributed by atoms with Gasteiger partial charge >= 0.3 is 0 Å². The lowest BCUT2D eigenvalue weighted by Gasteiger charge is -2.30. The Morgan fingerprint density at radius 2 is 1.86 bits per heavy atom. The van der Waals surface area contributed by atoms with Crippen molar-refractivity contribution in [1.29, 1.82) is 0 Å². The van der Waals surface area contributed by atoms with E-state index in [0.29, 0.717) is 53.9 Å². The van der Waals surface area contributed by atoms with Crippen LogP contribution in [-0.4, -0.2) is 59.8 Å². The molecule has 0 amide bonds. The summed E-state index contributed by atoms with van der Waals surface area (Å²) in [6.07, 6.45) is 5.60. The van der Waals surface area contributed by atoms with Gasteiger partial charge in [-0.3, -0.25) is 4.98 Å². The highest BCUT2D eigenvalue weighted by molar-refractivity contribution is 5.78. The normalized spacial score (nSPS) is 16.4. The smallest absolute Gasteiger partial charge is 0.226 e. The van der Waals surface area contributed by atoms with Crippen molar-refractivity contribution in [3.63, 3.8) is 0 Å². The van der Waals surface area contributed by atoms with Crippen LogP contribution in [0.25, 0.3) is 22.5 Å². The molecule has 2 aliphatic heterocycles. The second-order valence-corrected chi connectivity index (χ2v) is 9.10. The van der Waals surface area contributed by atoms with E-state index in [0.717, 1.165) is 55.3 Å². The second-order valence-electron chi connectivity index (χ2n) is 9.10. The number of oxazole rings is 1. The van der Waals surface area contributed by atoms with Gasteiger partial charge in [-0.1, -0.05) is 0 Å². The van der Waals surface area contributed by atoms with E-state index >= 15 is 0 Å².